The Labute approximate surface area is 150 Å². The van der Waals surface area contributed by atoms with E-state index >= 15 is 0 Å². The molecule has 4 nitrogen and oxygen atoms in total. The van der Waals surface area contributed by atoms with Crippen molar-refractivity contribution in [3.63, 3.8) is 0 Å². The number of carbonyl (C=O) groups is 1. The van der Waals surface area contributed by atoms with E-state index in [0.717, 1.165) is 14.3 Å². The van der Waals surface area contributed by atoms with Crippen LogP contribution in [0.4, 0.5) is 0 Å². The SMILES string of the molecule is O=C1CC(c2ccc(Br)cc2)C=CN1S(=O)(=O)Cc1ccccc1. The molecule has 0 radical (unpaired) electrons. The zero-order valence-corrected chi connectivity index (χ0v) is 15.2. The number of hydrogen-bond donors (Lipinski definition) is 0. The molecule has 24 heavy (non-hydrogen) atoms. The minimum atomic E-state index is -3.71. The Kier molecular flexibility index (Phi) is 4.87. The third-order valence-electron chi connectivity index (χ3n) is 3.88. The van der Waals surface area contributed by atoms with E-state index in [1.165, 1.54) is 6.20 Å². The van der Waals surface area contributed by atoms with Crippen molar-refractivity contribution in [3.05, 3.63) is 82.5 Å². The molecule has 1 aliphatic rings. The van der Waals surface area contributed by atoms with Crippen molar-refractivity contribution in [3.8, 4) is 0 Å². The predicted molar refractivity (Wildman–Crippen MR) is 96.6 cm³/mol. The van der Waals surface area contributed by atoms with Crippen molar-refractivity contribution in [1.29, 1.82) is 0 Å². The van der Waals surface area contributed by atoms with Gasteiger partial charge >= 0.3 is 0 Å². The molecule has 1 amide bonds. The van der Waals surface area contributed by atoms with Gasteiger partial charge in [0.05, 0.1) is 5.75 Å². The van der Waals surface area contributed by atoms with E-state index in [1.807, 2.05) is 30.3 Å². The Morgan fingerprint density at radius 3 is 2.33 bits per heavy atom. The highest BCUT2D eigenvalue weighted by atomic mass is 79.9. The van der Waals surface area contributed by atoms with Crippen LogP contribution in [0.2, 0.25) is 0 Å². The van der Waals surface area contributed by atoms with E-state index in [9.17, 15) is 13.2 Å². The van der Waals surface area contributed by atoms with Gasteiger partial charge in [0.2, 0.25) is 15.9 Å². The van der Waals surface area contributed by atoms with E-state index < -0.39 is 15.9 Å². The van der Waals surface area contributed by atoms with Crippen molar-refractivity contribution >= 4 is 31.9 Å². The highest BCUT2D eigenvalue weighted by Crippen LogP contribution is 2.29. The maximum atomic E-state index is 12.5. The number of amides is 1. The van der Waals surface area contributed by atoms with Crippen LogP contribution in [0.3, 0.4) is 0 Å². The van der Waals surface area contributed by atoms with Crippen LogP contribution in [0.25, 0.3) is 0 Å². The lowest BCUT2D eigenvalue weighted by molar-refractivity contribution is -0.125. The summed E-state index contributed by atoms with van der Waals surface area (Å²) >= 11 is 3.38. The summed E-state index contributed by atoms with van der Waals surface area (Å²) in [4.78, 5) is 12.4. The van der Waals surface area contributed by atoms with Crippen LogP contribution in [-0.2, 0) is 20.6 Å². The number of allylic oxidation sites excluding steroid dienone is 1. The minimum absolute atomic E-state index is 0.103. The number of rotatable bonds is 4. The number of sulfonamides is 1. The van der Waals surface area contributed by atoms with Gasteiger partial charge in [-0.3, -0.25) is 4.79 Å². The topological polar surface area (TPSA) is 54.5 Å². The van der Waals surface area contributed by atoms with Crippen molar-refractivity contribution < 1.29 is 13.2 Å². The molecule has 0 bridgehead atoms. The molecular weight excluding hydrogens is 390 g/mol. The molecule has 0 N–H and O–H groups in total. The zero-order valence-electron chi connectivity index (χ0n) is 12.8. The molecule has 2 aromatic carbocycles. The van der Waals surface area contributed by atoms with E-state index in [4.69, 9.17) is 0 Å². The fourth-order valence-corrected chi connectivity index (χ4v) is 4.31. The van der Waals surface area contributed by atoms with Crippen LogP contribution in [0, 0.1) is 0 Å². The molecule has 1 aliphatic heterocycles. The van der Waals surface area contributed by atoms with Gasteiger partial charge < -0.3 is 0 Å². The molecule has 1 heterocycles. The van der Waals surface area contributed by atoms with E-state index in [0.29, 0.717) is 5.56 Å². The maximum Gasteiger partial charge on any atom is 0.245 e. The van der Waals surface area contributed by atoms with Gasteiger partial charge in [-0.2, -0.15) is 0 Å². The van der Waals surface area contributed by atoms with E-state index in [1.54, 1.807) is 30.3 Å². The number of hydrogen-bond acceptors (Lipinski definition) is 3. The average Bonchev–Trinajstić information content (AvgIpc) is 2.55. The van der Waals surface area contributed by atoms with Gasteiger partial charge in [0, 0.05) is 23.0 Å². The molecule has 0 aromatic heterocycles. The predicted octanol–water partition coefficient (Wildman–Crippen LogP) is 3.81. The first-order chi connectivity index (χ1) is 11.5. The minimum Gasteiger partial charge on any atom is -0.273 e. The maximum absolute atomic E-state index is 12.5. The molecule has 0 fully saturated rings. The molecule has 6 heteroatoms. The lowest BCUT2D eigenvalue weighted by Gasteiger charge is -2.26. The third kappa shape index (κ3) is 3.76. The Bertz CT molecular complexity index is 861. The Morgan fingerprint density at radius 2 is 1.71 bits per heavy atom. The summed E-state index contributed by atoms with van der Waals surface area (Å²) < 4.78 is 26.8. The van der Waals surface area contributed by atoms with Gasteiger partial charge in [0.1, 0.15) is 0 Å². The molecule has 3 rings (SSSR count). The highest BCUT2D eigenvalue weighted by molar-refractivity contribution is 9.10. The second-order valence-electron chi connectivity index (χ2n) is 5.64. The van der Waals surface area contributed by atoms with E-state index in [2.05, 4.69) is 15.9 Å². The number of carbonyl (C=O) groups excluding carboxylic acids is 1. The third-order valence-corrected chi connectivity index (χ3v) is 6.04. The smallest absolute Gasteiger partial charge is 0.245 e. The lowest BCUT2D eigenvalue weighted by Crippen LogP contribution is -2.36. The number of benzene rings is 2. The van der Waals surface area contributed by atoms with Gasteiger partial charge in [-0.25, -0.2) is 12.7 Å². The normalized spacial score (nSPS) is 18.0. The fraction of sp³-hybridized carbons (Fsp3) is 0.167. The lowest BCUT2D eigenvalue weighted by atomic mass is 9.94. The van der Waals surface area contributed by atoms with Crippen molar-refractivity contribution in [2.24, 2.45) is 0 Å². The molecule has 0 aliphatic carbocycles. The van der Waals surface area contributed by atoms with Crippen LogP contribution >= 0.6 is 15.9 Å². The van der Waals surface area contributed by atoms with Crippen LogP contribution in [-0.4, -0.2) is 18.6 Å². The van der Waals surface area contributed by atoms with Gasteiger partial charge in [-0.05, 0) is 23.3 Å². The average molecular weight is 406 g/mol. The molecule has 0 spiro atoms. The molecule has 2 aromatic rings. The van der Waals surface area contributed by atoms with Crippen LogP contribution in [0.5, 0.6) is 0 Å². The van der Waals surface area contributed by atoms with Crippen LogP contribution < -0.4 is 0 Å². The summed E-state index contributed by atoms with van der Waals surface area (Å²) in [6, 6.07) is 16.5. The summed E-state index contributed by atoms with van der Waals surface area (Å²) in [5, 5.41) is 0. The number of nitrogens with zero attached hydrogens (tertiary/aromatic N) is 1. The first-order valence-corrected chi connectivity index (χ1v) is 9.88. The summed E-state index contributed by atoms with van der Waals surface area (Å²) in [5.41, 5.74) is 1.65. The van der Waals surface area contributed by atoms with Crippen LogP contribution in [0.15, 0.2) is 71.3 Å². The first-order valence-electron chi connectivity index (χ1n) is 7.48. The summed E-state index contributed by atoms with van der Waals surface area (Å²) in [7, 11) is -3.71. The number of halogens is 1. The first kappa shape index (κ1) is 16.9. The van der Waals surface area contributed by atoms with Crippen molar-refractivity contribution in [2.45, 2.75) is 18.1 Å². The molecule has 0 saturated carbocycles. The highest BCUT2D eigenvalue weighted by Gasteiger charge is 2.30. The zero-order chi connectivity index (χ0) is 17.2. The monoisotopic (exact) mass is 405 g/mol. The van der Waals surface area contributed by atoms with Gasteiger partial charge in [-0.1, -0.05) is 64.5 Å². The second kappa shape index (κ2) is 6.91. The summed E-state index contributed by atoms with van der Waals surface area (Å²) in [6.45, 7) is 0. The largest absolute Gasteiger partial charge is 0.273 e. The second-order valence-corrected chi connectivity index (χ2v) is 8.40. The summed E-state index contributed by atoms with van der Waals surface area (Å²) in [6.07, 6.45) is 3.30. The van der Waals surface area contributed by atoms with Gasteiger partial charge in [0.15, 0.2) is 0 Å². The standard InChI is InChI=1S/C18H16BrNO3S/c19-17-8-6-15(7-9-17)16-10-11-20(18(21)12-16)24(22,23)13-14-4-2-1-3-5-14/h1-11,16H,12-13H2. The van der Waals surface area contributed by atoms with Crippen molar-refractivity contribution in [1.82, 2.24) is 4.31 Å². The van der Waals surface area contributed by atoms with Crippen molar-refractivity contribution in [2.75, 3.05) is 0 Å². The summed E-state index contributed by atoms with van der Waals surface area (Å²) in [5.74, 6) is -0.692. The van der Waals surface area contributed by atoms with Gasteiger partial charge in [-0.15, -0.1) is 0 Å². The molecule has 1 atom stereocenters. The fourth-order valence-electron chi connectivity index (χ4n) is 2.65. The molecule has 1 unspecified atom stereocenters. The Balaban J connectivity index is 1.79. The molecular formula is C18H16BrNO3S. The molecule has 0 saturated heterocycles. The van der Waals surface area contributed by atoms with Crippen LogP contribution in [0.1, 0.15) is 23.5 Å². The molecule has 124 valence electrons. The quantitative estimate of drug-likeness (QED) is 0.776. The van der Waals surface area contributed by atoms with E-state index in [-0.39, 0.29) is 18.1 Å². The Morgan fingerprint density at radius 1 is 1.04 bits per heavy atom. The van der Waals surface area contributed by atoms with Gasteiger partial charge in [0.25, 0.3) is 0 Å². The Hall–Kier alpha value is -1.92.